The minimum Gasteiger partial charge on any atom is -0.488 e. The highest BCUT2D eigenvalue weighted by Crippen LogP contribution is 2.23. The minimum atomic E-state index is -0.461. The molecular weight excluding hydrogens is 355 g/mol. The van der Waals surface area contributed by atoms with Crippen LogP contribution in [-0.2, 0) is 0 Å². The fourth-order valence-corrected chi connectivity index (χ4v) is 2.90. The number of hydrogen-bond donors (Lipinski definition) is 1. The lowest BCUT2D eigenvalue weighted by Crippen LogP contribution is -2.49. The molecule has 1 saturated heterocycles. The number of hydrogen-bond acceptors (Lipinski definition) is 6. The summed E-state index contributed by atoms with van der Waals surface area (Å²) in [6.45, 7) is 7.50. The number of anilines is 1. The first-order valence-electron chi connectivity index (χ1n) is 8.41. The summed E-state index contributed by atoms with van der Waals surface area (Å²) in [4.78, 5) is 20.3. The molecule has 1 amide bonds. The zero-order chi connectivity index (χ0) is 19.1. The zero-order valence-corrected chi connectivity index (χ0v) is 16.1. The van der Waals surface area contributed by atoms with Gasteiger partial charge in [-0.1, -0.05) is 25.8 Å². The van der Waals surface area contributed by atoms with Gasteiger partial charge in [0.05, 0.1) is 6.20 Å². The maximum absolute atomic E-state index is 12.9. The van der Waals surface area contributed by atoms with E-state index in [9.17, 15) is 9.18 Å². The predicted molar refractivity (Wildman–Crippen MR) is 102 cm³/mol. The number of pyridine rings is 2. The normalized spacial score (nSPS) is 14.0. The van der Waals surface area contributed by atoms with E-state index in [0.717, 1.165) is 19.3 Å². The average Bonchev–Trinajstić information content (AvgIpc) is 2.61. The third-order valence-electron chi connectivity index (χ3n) is 3.50. The van der Waals surface area contributed by atoms with Crippen LogP contribution in [0.25, 0.3) is 0 Å². The van der Waals surface area contributed by atoms with Crippen molar-refractivity contribution in [1.29, 1.82) is 0 Å². The number of aromatic nitrogens is 2. The number of carbonyl (C=O) groups excluding carboxylic acids is 1. The van der Waals surface area contributed by atoms with Crippen LogP contribution in [0.5, 0.6) is 5.75 Å². The Kier molecular flexibility index (Phi) is 7.35. The number of amides is 1. The van der Waals surface area contributed by atoms with E-state index in [0.29, 0.717) is 11.4 Å². The Bertz CT molecular complexity index is 736. The molecule has 26 heavy (non-hydrogen) atoms. The monoisotopic (exact) mass is 378 g/mol. The standard InChI is InChI=1S/C16H17FN4O2S.C2H6/c1-10-5-12(23-13-8-21(9-13)24-2)6-14(19-10)16(22)20-15-4-3-11(17)7-18-15;1-2/h3-7,13H,8-9H2,1-2H3,(H,18,20,22);1-2H3. The molecule has 0 atom stereocenters. The van der Waals surface area contributed by atoms with Crippen molar-refractivity contribution in [2.45, 2.75) is 26.9 Å². The second-order valence-electron chi connectivity index (χ2n) is 5.41. The number of nitrogens with zero attached hydrogens (tertiary/aromatic N) is 3. The molecule has 0 radical (unpaired) electrons. The molecule has 3 rings (SSSR count). The van der Waals surface area contributed by atoms with Gasteiger partial charge in [-0.15, -0.1) is 0 Å². The molecule has 1 aliphatic rings. The van der Waals surface area contributed by atoms with Gasteiger partial charge < -0.3 is 10.1 Å². The van der Waals surface area contributed by atoms with Crippen LogP contribution in [0.2, 0.25) is 0 Å². The molecule has 0 spiro atoms. The van der Waals surface area contributed by atoms with Crippen molar-refractivity contribution in [3.8, 4) is 5.75 Å². The van der Waals surface area contributed by atoms with Crippen molar-refractivity contribution in [1.82, 2.24) is 14.3 Å². The van der Waals surface area contributed by atoms with E-state index in [-0.39, 0.29) is 17.6 Å². The van der Waals surface area contributed by atoms with Gasteiger partial charge in [-0.3, -0.25) is 4.79 Å². The van der Waals surface area contributed by atoms with E-state index in [1.807, 2.05) is 20.1 Å². The zero-order valence-electron chi connectivity index (χ0n) is 15.3. The van der Waals surface area contributed by atoms with Crippen molar-refractivity contribution in [2.24, 2.45) is 0 Å². The van der Waals surface area contributed by atoms with Crippen LogP contribution in [-0.4, -0.2) is 45.6 Å². The predicted octanol–water partition coefficient (Wildman–Crippen LogP) is 3.54. The largest absolute Gasteiger partial charge is 0.488 e. The fourth-order valence-electron chi connectivity index (χ4n) is 2.27. The molecule has 1 N–H and O–H groups in total. The molecule has 0 unspecified atom stereocenters. The lowest BCUT2D eigenvalue weighted by molar-refractivity contribution is 0.0835. The van der Waals surface area contributed by atoms with Crippen molar-refractivity contribution in [3.63, 3.8) is 0 Å². The van der Waals surface area contributed by atoms with Gasteiger partial charge in [-0.2, -0.15) is 0 Å². The van der Waals surface area contributed by atoms with E-state index in [4.69, 9.17) is 4.74 Å². The Morgan fingerprint density at radius 1 is 1.35 bits per heavy atom. The van der Waals surface area contributed by atoms with Crippen LogP contribution < -0.4 is 10.1 Å². The summed E-state index contributed by atoms with van der Waals surface area (Å²) in [7, 11) is 0. The number of halogens is 1. The number of rotatable bonds is 5. The summed E-state index contributed by atoms with van der Waals surface area (Å²) in [5.41, 5.74) is 0.919. The number of carbonyl (C=O) groups is 1. The lowest BCUT2D eigenvalue weighted by atomic mass is 10.2. The Hall–Kier alpha value is -2.19. The van der Waals surface area contributed by atoms with Gasteiger partial charge in [0, 0.05) is 30.9 Å². The highest BCUT2D eigenvalue weighted by molar-refractivity contribution is 7.96. The highest BCUT2D eigenvalue weighted by atomic mass is 32.2. The number of ether oxygens (including phenoxy) is 1. The molecule has 2 aromatic rings. The van der Waals surface area contributed by atoms with Gasteiger partial charge in [-0.25, -0.2) is 18.7 Å². The van der Waals surface area contributed by atoms with E-state index < -0.39 is 11.7 Å². The quantitative estimate of drug-likeness (QED) is 0.803. The van der Waals surface area contributed by atoms with Gasteiger partial charge in [0.15, 0.2) is 0 Å². The molecule has 0 saturated carbocycles. The van der Waals surface area contributed by atoms with E-state index in [1.54, 1.807) is 31.0 Å². The number of aryl methyl sites for hydroxylation is 1. The van der Waals surface area contributed by atoms with Crippen LogP contribution in [0, 0.1) is 12.7 Å². The van der Waals surface area contributed by atoms with Crippen LogP contribution in [0.15, 0.2) is 30.5 Å². The Balaban J connectivity index is 0.00000117. The van der Waals surface area contributed by atoms with Crippen LogP contribution >= 0.6 is 11.9 Å². The van der Waals surface area contributed by atoms with Gasteiger partial charge in [0.2, 0.25) is 0 Å². The second-order valence-corrected chi connectivity index (χ2v) is 6.30. The summed E-state index contributed by atoms with van der Waals surface area (Å²) in [6.07, 6.45) is 3.19. The maximum atomic E-state index is 12.9. The summed E-state index contributed by atoms with van der Waals surface area (Å²) >= 11 is 1.68. The first-order valence-corrected chi connectivity index (χ1v) is 9.59. The van der Waals surface area contributed by atoms with E-state index in [1.165, 1.54) is 12.1 Å². The molecular formula is C18H23FN4O2S. The fraction of sp³-hybridized carbons (Fsp3) is 0.389. The van der Waals surface area contributed by atoms with Crippen LogP contribution in [0.1, 0.15) is 30.0 Å². The molecule has 1 fully saturated rings. The molecule has 0 aliphatic carbocycles. The lowest BCUT2D eigenvalue weighted by Gasteiger charge is -2.37. The molecule has 8 heteroatoms. The van der Waals surface area contributed by atoms with Crippen molar-refractivity contribution >= 4 is 23.7 Å². The third-order valence-corrected chi connectivity index (χ3v) is 4.32. The summed E-state index contributed by atoms with van der Waals surface area (Å²) in [5, 5.41) is 2.59. The van der Waals surface area contributed by atoms with Crippen molar-refractivity contribution in [2.75, 3.05) is 24.7 Å². The summed E-state index contributed by atoms with van der Waals surface area (Å²) in [6, 6.07) is 6.03. The SMILES string of the molecule is CC.CSN1CC(Oc2cc(C)nc(C(=O)Nc3ccc(F)cn3)c2)C1. The molecule has 6 nitrogen and oxygen atoms in total. The molecule has 0 bridgehead atoms. The van der Waals surface area contributed by atoms with E-state index >= 15 is 0 Å². The van der Waals surface area contributed by atoms with Crippen molar-refractivity contribution < 1.29 is 13.9 Å². The molecule has 1 aliphatic heterocycles. The molecule has 2 aromatic heterocycles. The van der Waals surface area contributed by atoms with E-state index in [2.05, 4.69) is 19.6 Å². The highest BCUT2D eigenvalue weighted by Gasteiger charge is 2.28. The first-order chi connectivity index (χ1) is 12.5. The Morgan fingerprint density at radius 2 is 2.08 bits per heavy atom. The minimum absolute atomic E-state index is 0.119. The third kappa shape index (κ3) is 5.40. The van der Waals surface area contributed by atoms with Crippen LogP contribution in [0.3, 0.4) is 0 Å². The Morgan fingerprint density at radius 3 is 2.69 bits per heavy atom. The smallest absolute Gasteiger partial charge is 0.275 e. The molecule has 140 valence electrons. The number of nitrogens with one attached hydrogen (secondary N) is 1. The average molecular weight is 378 g/mol. The maximum Gasteiger partial charge on any atom is 0.275 e. The van der Waals surface area contributed by atoms with Gasteiger partial charge in [0.1, 0.15) is 29.2 Å². The van der Waals surface area contributed by atoms with Gasteiger partial charge >= 0.3 is 0 Å². The molecule has 3 heterocycles. The van der Waals surface area contributed by atoms with Crippen molar-refractivity contribution in [3.05, 3.63) is 47.7 Å². The topological polar surface area (TPSA) is 67.3 Å². The molecule has 0 aromatic carbocycles. The Labute approximate surface area is 157 Å². The summed E-state index contributed by atoms with van der Waals surface area (Å²) < 4.78 is 20.9. The van der Waals surface area contributed by atoms with Gasteiger partial charge in [-0.05, 0) is 25.3 Å². The second kappa shape index (κ2) is 9.49. The van der Waals surface area contributed by atoms with Gasteiger partial charge in [0.25, 0.3) is 5.91 Å². The first kappa shape index (κ1) is 20.1. The summed E-state index contributed by atoms with van der Waals surface area (Å²) in [5.74, 6) is 0.00593. The van der Waals surface area contributed by atoms with Crippen LogP contribution in [0.4, 0.5) is 10.2 Å².